The summed E-state index contributed by atoms with van der Waals surface area (Å²) in [5.74, 6) is 0. The summed E-state index contributed by atoms with van der Waals surface area (Å²) >= 11 is 0. The van der Waals surface area contributed by atoms with Crippen LogP contribution in [0.4, 0.5) is 0 Å². The number of hydrogen-bond acceptors (Lipinski definition) is 3. The number of likely N-dealkylation sites (tertiary alicyclic amines) is 1. The molecule has 0 aromatic carbocycles. The van der Waals surface area contributed by atoms with Crippen LogP contribution >= 0.6 is 0 Å². The van der Waals surface area contributed by atoms with Gasteiger partial charge in [-0.15, -0.1) is 0 Å². The average Bonchev–Trinajstić information content (AvgIpc) is 2.51. The van der Waals surface area contributed by atoms with Gasteiger partial charge in [0.1, 0.15) is 0 Å². The fourth-order valence-electron chi connectivity index (χ4n) is 2.49. The second-order valence-corrected chi connectivity index (χ2v) is 4.24. The van der Waals surface area contributed by atoms with Gasteiger partial charge in [-0.1, -0.05) is 0 Å². The Morgan fingerprint density at radius 1 is 1.31 bits per heavy atom. The zero-order chi connectivity index (χ0) is 9.15. The molecule has 1 N–H and O–H groups in total. The quantitative estimate of drug-likeness (QED) is 0.684. The number of rotatable bonds is 2. The Labute approximate surface area is 79.7 Å². The number of hydrogen-bond donors (Lipinski definition) is 1. The van der Waals surface area contributed by atoms with Crippen molar-refractivity contribution in [3.8, 4) is 0 Å². The van der Waals surface area contributed by atoms with Crippen LogP contribution in [-0.2, 0) is 4.74 Å². The minimum Gasteiger partial charge on any atom is -0.395 e. The first-order valence-corrected chi connectivity index (χ1v) is 5.32. The average molecular weight is 185 g/mol. The minimum atomic E-state index is 0.160. The molecule has 2 saturated heterocycles. The van der Waals surface area contributed by atoms with Gasteiger partial charge in [0, 0.05) is 26.2 Å². The van der Waals surface area contributed by atoms with Crippen molar-refractivity contribution in [1.82, 2.24) is 4.90 Å². The third-order valence-corrected chi connectivity index (χ3v) is 3.25. The topological polar surface area (TPSA) is 32.7 Å². The van der Waals surface area contributed by atoms with Crippen molar-refractivity contribution in [3.63, 3.8) is 0 Å². The molecule has 0 radical (unpaired) electrons. The van der Waals surface area contributed by atoms with Gasteiger partial charge in [0.25, 0.3) is 0 Å². The van der Waals surface area contributed by atoms with Crippen LogP contribution < -0.4 is 0 Å². The Bertz CT molecular complexity index is 166. The van der Waals surface area contributed by atoms with Crippen molar-refractivity contribution in [2.75, 3.05) is 32.8 Å². The van der Waals surface area contributed by atoms with Crippen LogP contribution in [0.5, 0.6) is 0 Å². The highest BCUT2D eigenvalue weighted by molar-refractivity contribution is 4.93. The van der Waals surface area contributed by atoms with Gasteiger partial charge >= 0.3 is 0 Å². The molecule has 0 bridgehead atoms. The predicted octanol–water partition coefficient (Wildman–Crippen LogP) is 0.624. The van der Waals surface area contributed by atoms with Crippen molar-refractivity contribution < 1.29 is 9.84 Å². The van der Waals surface area contributed by atoms with E-state index < -0.39 is 0 Å². The lowest BCUT2D eigenvalue weighted by atomic mass is 9.93. The van der Waals surface area contributed by atoms with E-state index in [0.717, 1.165) is 32.7 Å². The summed E-state index contributed by atoms with van der Waals surface area (Å²) in [5, 5.41) is 8.83. The first-order chi connectivity index (χ1) is 6.35. The number of aliphatic hydroxyl groups is 1. The first-order valence-electron chi connectivity index (χ1n) is 5.32. The molecule has 2 rings (SSSR count). The van der Waals surface area contributed by atoms with Gasteiger partial charge in [0.15, 0.2) is 0 Å². The summed E-state index contributed by atoms with van der Waals surface area (Å²) in [5.41, 5.74) is 0.160. The Kier molecular flexibility index (Phi) is 2.86. The fraction of sp³-hybridized carbons (Fsp3) is 1.00. The Balaban J connectivity index is 1.87. The molecule has 2 aliphatic heterocycles. The largest absolute Gasteiger partial charge is 0.395 e. The SMILES string of the molecule is OCCN1CC[C@@]2(CCCCO2)C1. The van der Waals surface area contributed by atoms with Crippen molar-refractivity contribution in [2.24, 2.45) is 0 Å². The van der Waals surface area contributed by atoms with E-state index in [-0.39, 0.29) is 12.2 Å². The van der Waals surface area contributed by atoms with Crippen molar-refractivity contribution in [2.45, 2.75) is 31.3 Å². The molecule has 3 heteroatoms. The van der Waals surface area contributed by atoms with Gasteiger partial charge in [-0.25, -0.2) is 0 Å². The van der Waals surface area contributed by atoms with E-state index in [1.54, 1.807) is 0 Å². The lowest BCUT2D eigenvalue weighted by molar-refractivity contribution is -0.0698. The van der Waals surface area contributed by atoms with Gasteiger partial charge < -0.3 is 9.84 Å². The summed E-state index contributed by atoms with van der Waals surface area (Å²) in [6.45, 7) is 4.16. The van der Waals surface area contributed by atoms with E-state index in [4.69, 9.17) is 9.84 Å². The molecule has 76 valence electrons. The molecule has 0 aliphatic carbocycles. The highest BCUT2D eigenvalue weighted by Crippen LogP contribution is 2.33. The maximum Gasteiger partial charge on any atom is 0.0821 e. The Morgan fingerprint density at radius 2 is 2.23 bits per heavy atom. The smallest absolute Gasteiger partial charge is 0.0821 e. The molecule has 0 aromatic heterocycles. The maximum absolute atomic E-state index is 8.83. The molecule has 2 aliphatic rings. The van der Waals surface area contributed by atoms with Crippen LogP contribution in [-0.4, -0.2) is 48.5 Å². The zero-order valence-electron chi connectivity index (χ0n) is 8.17. The van der Waals surface area contributed by atoms with Gasteiger partial charge in [0.2, 0.25) is 0 Å². The molecule has 1 spiro atoms. The first kappa shape index (κ1) is 9.44. The number of aliphatic hydroxyl groups excluding tert-OH is 1. The van der Waals surface area contributed by atoms with Crippen LogP contribution in [0.25, 0.3) is 0 Å². The van der Waals surface area contributed by atoms with E-state index in [0.29, 0.717) is 0 Å². The summed E-state index contributed by atoms with van der Waals surface area (Å²) < 4.78 is 5.88. The highest BCUT2D eigenvalue weighted by Gasteiger charge is 2.39. The standard InChI is InChI=1S/C10H19NO2/c12-7-6-11-5-4-10(9-11)3-1-2-8-13-10/h12H,1-9H2/t10-/m0/s1. The molecule has 13 heavy (non-hydrogen) atoms. The van der Waals surface area contributed by atoms with E-state index in [1.165, 1.54) is 19.3 Å². The van der Waals surface area contributed by atoms with Crippen LogP contribution in [0.3, 0.4) is 0 Å². The normalized spacial score (nSPS) is 35.8. The lowest BCUT2D eigenvalue weighted by Crippen LogP contribution is -2.39. The van der Waals surface area contributed by atoms with Gasteiger partial charge in [-0.05, 0) is 25.7 Å². The molecule has 0 aromatic rings. The summed E-state index contributed by atoms with van der Waals surface area (Å²) in [6, 6.07) is 0. The van der Waals surface area contributed by atoms with Crippen molar-refractivity contribution in [1.29, 1.82) is 0 Å². The third kappa shape index (κ3) is 2.03. The van der Waals surface area contributed by atoms with Gasteiger partial charge in [0.05, 0.1) is 12.2 Å². The molecule has 0 unspecified atom stereocenters. The van der Waals surface area contributed by atoms with Crippen LogP contribution in [0, 0.1) is 0 Å². The predicted molar refractivity (Wildman–Crippen MR) is 50.7 cm³/mol. The molecule has 0 amide bonds. The molecule has 3 nitrogen and oxygen atoms in total. The monoisotopic (exact) mass is 185 g/mol. The van der Waals surface area contributed by atoms with Gasteiger partial charge in [-0.3, -0.25) is 4.90 Å². The third-order valence-electron chi connectivity index (χ3n) is 3.25. The number of ether oxygens (including phenoxy) is 1. The molecular weight excluding hydrogens is 166 g/mol. The summed E-state index contributed by atoms with van der Waals surface area (Å²) in [6.07, 6.45) is 4.91. The van der Waals surface area contributed by atoms with E-state index in [2.05, 4.69) is 4.90 Å². The van der Waals surface area contributed by atoms with Crippen LogP contribution in [0.1, 0.15) is 25.7 Å². The maximum atomic E-state index is 8.83. The lowest BCUT2D eigenvalue weighted by Gasteiger charge is -2.33. The second kappa shape index (κ2) is 3.95. The van der Waals surface area contributed by atoms with Crippen LogP contribution in [0.2, 0.25) is 0 Å². The minimum absolute atomic E-state index is 0.160. The highest BCUT2D eigenvalue weighted by atomic mass is 16.5. The van der Waals surface area contributed by atoms with E-state index in [9.17, 15) is 0 Å². The van der Waals surface area contributed by atoms with E-state index in [1.807, 2.05) is 0 Å². The fourth-order valence-corrected chi connectivity index (χ4v) is 2.49. The zero-order valence-corrected chi connectivity index (χ0v) is 8.17. The molecule has 2 heterocycles. The summed E-state index contributed by atoms with van der Waals surface area (Å²) in [7, 11) is 0. The Hall–Kier alpha value is -0.120. The van der Waals surface area contributed by atoms with Crippen molar-refractivity contribution >= 4 is 0 Å². The molecule has 1 atom stereocenters. The number of nitrogens with zero attached hydrogens (tertiary/aromatic N) is 1. The van der Waals surface area contributed by atoms with Gasteiger partial charge in [-0.2, -0.15) is 0 Å². The molecule has 0 saturated carbocycles. The van der Waals surface area contributed by atoms with Crippen molar-refractivity contribution in [3.05, 3.63) is 0 Å². The molecule has 2 fully saturated rings. The second-order valence-electron chi connectivity index (χ2n) is 4.24. The van der Waals surface area contributed by atoms with Crippen LogP contribution in [0.15, 0.2) is 0 Å². The van der Waals surface area contributed by atoms with E-state index >= 15 is 0 Å². The summed E-state index contributed by atoms with van der Waals surface area (Å²) in [4.78, 5) is 2.31. The Morgan fingerprint density at radius 3 is 2.92 bits per heavy atom. The molecular formula is C10H19NO2. The number of β-amino-alcohol motifs (C(OH)–C–C–N with tert-alkyl or cyclic N) is 1.